The molecular formula is C16H24ClN5S. The monoisotopic (exact) mass is 353 g/mol. The van der Waals surface area contributed by atoms with Crippen molar-refractivity contribution in [3.63, 3.8) is 0 Å². The van der Waals surface area contributed by atoms with E-state index in [1.807, 2.05) is 18.7 Å². The highest BCUT2D eigenvalue weighted by Crippen LogP contribution is 2.56. The van der Waals surface area contributed by atoms with Crippen LogP contribution in [0.5, 0.6) is 0 Å². The molecule has 126 valence electrons. The Morgan fingerprint density at radius 2 is 2.22 bits per heavy atom. The second-order valence-corrected chi connectivity index (χ2v) is 7.64. The second-order valence-electron chi connectivity index (χ2n) is 6.66. The molecule has 1 atom stereocenters. The summed E-state index contributed by atoms with van der Waals surface area (Å²) in [4.78, 5) is 11.4. The highest BCUT2D eigenvalue weighted by Gasteiger charge is 2.56. The van der Waals surface area contributed by atoms with E-state index in [0.717, 1.165) is 13.1 Å². The third-order valence-corrected chi connectivity index (χ3v) is 6.05. The zero-order chi connectivity index (χ0) is 15.0. The number of aromatic nitrogens is 3. The highest BCUT2D eigenvalue weighted by atomic mass is 35.5. The number of rotatable bonds is 5. The van der Waals surface area contributed by atoms with E-state index in [9.17, 15) is 0 Å². The SMILES string of the molecule is Cl.Cn1cncc1CN(Cc1nccs1)C1CC12CCNCC2. The lowest BCUT2D eigenvalue weighted by molar-refractivity contribution is 0.184. The smallest absolute Gasteiger partial charge is 0.107 e. The summed E-state index contributed by atoms with van der Waals surface area (Å²) >= 11 is 1.76. The van der Waals surface area contributed by atoms with Gasteiger partial charge in [0.1, 0.15) is 5.01 Å². The summed E-state index contributed by atoms with van der Waals surface area (Å²) in [5.41, 5.74) is 1.84. The van der Waals surface area contributed by atoms with Crippen molar-refractivity contribution >= 4 is 23.7 Å². The van der Waals surface area contributed by atoms with Gasteiger partial charge in [-0.3, -0.25) is 4.90 Å². The summed E-state index contributed by atoms with van der Waals surface area (Å²) in [5.74, 6) is 0. The van der Waals surface area contributed by atoms with E-state index in [0.29, 0.717) is 11.5 Å². The van der Waals surface area contributed by atoms with E-state index >= 15 is 0 Å². The first-order chi connectivity index (χ1) is 10.8. The predicted octanol–water partition coefficient (Wildman–Crippen LogP) is 2.44. The van der Waals surface area contributed by atoms with E-state index in [4.69, 9.17) is 0 Å². The Kier molecular flexibility index (Phi) is 5.06. The molecule has 0 bridgehead atoms. The van der Waals surface area contributed by atoms with Crippen molar-refractivity contribution in [3.8, 4) is 0 Å². The summed E-state index contributed by atoms with van der Waals surface area (Å²) in [5, 5.41) is 6.79. The standard InChI is InChI=1S/C16H23N5S.ClH/c1-20-12-18-9-13(20)10-21(11-15-19-6-7-22-15)14-8-16(14)2-4-17-5-3-16;/h6-7,9,12,14,17H,2-5,8,10-11H2,1H3;1H. The van der Waals surface area contributed by atoms with Crippen LogP contribution in [0, 0.1) is 5.41 Å². The van der Waals surface area contributed by atoms with Gasteiger partial charge in [-0.25, -0.2) is 9.97 Å². The minimum atomic E-state index is 0. The maximum Gasteiger partial charge on any atom is 0.107 e. The lowest BCUT2D eigenvalue weighted by Gasteiger charge is -2.29. The van der Waals surface area contributed by atoms with Gasteiger partial charge in [0.25, 0.3) is 0 Å². The number of hydrogen-bond acceptors (Lipinski definition) is 5. The number of nitrogens with one attached hydrogen (secondary N) is 1. The van der Waals surface area contributed by atoms with Crippen molar-refractivity contribution in [3.05, 3.63) is 34.8 Å². The molecule has 1 aliphatic heterocycles. The quantitative estimate of drug-likeness (QED) is 0.896. The highest BCUT2D eigenvalue weighted by molar-refractivity contribution is 7.09. The Balaban J connectivity index is 0.00000156. The molecule has 0 aromatic carbocycles. The van der Waals surface area contributed by atoms with E-state index in [1.54, 1.807) is 11.3 Å². The summed E-state index contributed by atoms with van der Waals surface area (Å²) < 4.78 is 2.13. The molecule has 4 rings (SSSR count). The third kappa shape index (κ3) is 3.45. The number of hydrogen-bond donors (Lipinski definition) is 1. The molecule has 1 saturated heterocycles. The minimum Gasteiger partial charge on any atom is -0.337 e. The van der Waals surface area contributed by atoms with Gasteiger partial charge in [0.2, 0.25) is 0 Å². The van der Waals surface area contributed by atoms with Crippen LogP contribution >= 0.6 is 23.7 Å². The third-order valence-electron chi connectivity index (χ3n) is 5.29. The lowest BCUT2D eigenvalue weighted by atomic mass is 9.93. The number of halogens is 1. The fraction of sp³-hybridized carbons (Fsp3) is 0.625. The van der Waals surface area contributed by atoms with Crippen LogP contribution in [0.25, 0.3) is 0 Å². The molecule has 2 aromatic rings. The Morgan fingerprint density at radius 3 is 2.87 bits per heavy atom. The molecule has 2 aliphatic rings. The summed E-state index contributed by atoms with van der Waals surface area (Å²) in [6.45, 7) is 4.28. The van der Waals surface area contributed by atoms with Gasteiger partial charge in [-0.1, -0.05) is 0 Å². The first kappa shape index (κ1) is 16.9. The van der Waals surface area contributed by atoms with E-state index in [2.05, 4.69) is 37.2 Å². The maximum atomic E-state index is 4.49. The number of nitrogens with zero attached hydrogens (tertiary/aromatic N) is 4. The minimum absolute atomic E-state index is 0. The van der Waals surface area contributed by atoms with Gasteiger partial charge in [0, 0.05) is 37.4 Å². The van der Waals surface area contributed by atoms with Crippen molar-refractivity contribution in [2.24, 2.45) is 12.5 Å². The Labute approximate surface area is 147 Å². The number of piperidine rings is 1. The summed E-state index contributed by atoms with van der Waals surface area (Å²) in [6.07, 6.45) is 9.78. The Hall–Kier alpha value is -0.950. The molecule has 2 fully saturated rings. The van der Waals surface area contributed by atoms with E-state index in [-0.39, 0.29) is 12.4 Å². The molecule has 1 unspecified atom stereocenters. The summed E-state index contributed by atoms with van der Waals surface area (Å²) in [6, 6.07) is 0.702. The maximum absolute atomic E-state index is 4.49. The van der Waals surface area contributed by atoms with Crippen molar-refractivity contribution in [1.29, 1.82) is 0 Å². The lowest BCUT2D eigenvalue weighted by Crippen LogP contribution is -2.36. The van der Waals surface area contributed by atoms with Crippen molar-refractivity contribution in [2.45, 2.75) is 38.4 Å². The van der Waals surface area contributed by atoms with Crippen LogP contribution < -0.4 is 5.32 Å². The van der Waals surface area contributed by atoms with Gasteiger partial charge in [-0.05, 0) is 37.8 Å². The fourth-order valence-corrected chi connectivity index (χ4v) is 4.47. The molecule has 5 nitrogen and oxygen atoms in total. The van der Waals surface area contributed by atoms with Crippen LogP contribution in [0.15, 0.2) is 24.1 Å². The topological polar surface area (TPSA) is 46.0 Å². The molecule has 7 heteroatoms. The first-order valence-corrected chi connectivity index (χ1v) is 8.93. The second kappa shape index (κ2) is 6.89. The zero-order valence-electron chi connectivity index (χ0n) is 13.4. The molecule has 1 spiro atoms. The van der Waals surface area contributed by atoms with Crippen LogP contribution in [0.1, 0.15) is 30.0 Å². The number of thiazole rings is 1. The average molecular weight is 354 g/mol. The van der Waals surface area contributed by atoms with E-state index in [1.165, 1.54) is 43.1 Å². The van der Waals surface area contributed by atoms with Crippen LogP contribution in [-0.2, 0) is 20.1 Å². The van der Waals surface area contributed by atoms with Gasteiger partial charge in [-0.2, -0.15) is 0 Å². The van der Waals surface area contributed by atoms with Crippen LogP contribution in [0.4, 0.5) is 0 Å². The van der Waals surface area contributed by atoms with Gasteiger partial charge < -0.3 is 9.88 Å². The number of imidazole rings is 1. The van der Waals surface area contributed by atoms with Gasteiger partial charge in [0.15, 0.2) is 0 Å². The Morgan fingerprint density at radius 1 is 1.39 bits per heavy atom. The molecule has 0 radical (unpaired) electrons. The normalized spacial score (nSPS) is 22.3. The van der Waals surface area contributed by atoms with Crippen molar-refractivity contribution < 1.29 is 0 Å². The van der Waals surface area contributed by atoms with Crippen LogP contribution in [-0.4, -0.2) is 38.6 Å². The fourth-order valence-electron chi connectivity index (χ4n) is 3.83. The molecule has 1 saturated carbocycles. The van der Waals surface area contributed by atoms with Crippen LogP contribution in [0.3, 0.4) is 0 Å². The Bertz CT molecular complexity index is 620. The molecule has 23 heavy (non-hydrogen) atoms. The number of aryl methyl sites for hydroxylation is 1. The van der Waals surface area contributed by atoms with Crippen molar-refractivity contribution in [2.75, 3.05) is 13.1 Å². The van der Waals surface area contributed by atoms with Gasteiger partial charge in [0.05, 0.1) is 18.6 Å². The zero-order valence-corrected chi connectivity index (χ0v) is 15.1. The molecular weight excluding hydrogens is 330 g/mol. The summed E-state index contributed by atoms with van der Waals surface area (Å²) in [7, 11) is 2.08. The molecule has 3 heterocycles. The van der Waals surface area contributed by atoms with Crippen LogP contribution in [0.2, 0.25) is 0 Å². The molecule has 2 aromatic heterocycles. The molecule has 1 N–H and O–H groups in total. The first-order valence-electron chi connectivity index (χ1n) is 8.05. The predicted molar refractivity (Wildman–Crippen MR) is 94.8 cm³/mol. The average Bonchev–Trinajstić information content (AvgIpc) is 2.90. The molecule has 0 amide bonds. The van der Waals surface area contributed by atoms with Gasteiger partial charge in [-0.15, -0.1) is 23.7 Å². The van der Waals surface area contributed by atoms with Crippen molar-refractivity contribution in [1.82, 2.24) is 24.8 Å². The molecule has 1 aliphatic carbocycles. The largest absolute Gasteiger partial charge is 0.337 e. The van der Waals surface area contributed by atoms with E-state index < -0.39 is 0 Å². The van der Waals surface area contributed by atoms with Gasteiger partial charge >= 0.3 is 0 Å².